The number of hydrogen-bond acceptors (Lipinski definition) is 4. The summed E-state index contributed by atoms with van der Waals surface area (Å²) in [6.07, 6.45) is 4.50. The molecule has 0 spiro atoms. The summed E-state index contributed by atoms with van der Waals surface area (Å²) >= 11 is 1.68. The van der Waals surface area contributed by atoms with Gasteiger partial charge in [0.1, 0.15) is 4.70 Å². The molecule has 0 unspecified atom stereocenters. The van der Waals surface area contributed by atoms with E-state index in [9.17, 15) is 8.42 Å². The van der Waals surface area contributed by atoms with Gasteiger partial charge in [0, 0.05) is 38.3 Å². The number of rotatable bonds is 7. The van der Waals surface area contributed by atoms with Crippen LogP contribution in [0.5, 0.6) is 0 Å². The van der Waals surface area contributed by atoms with Gasteiger partial charge in [0.25, 0.3) is 15.1 Å². The van der Waals surface area contributed by atoms with Crippen molar-refractivity contribution in [3.05, 3.63) is 71.2 Å². The average Bonchev–Trinajstić information content (AvgIpc) is 3.06. The Bertz CT molecular complexity index is 1360. The zero-order chi connectivity index (χ0) is 22.0. The van der Waals surface area contributed by atoms with Crippen LogP contribution in [0.1, 0.15) is 17.0 Å². The third-order valence-corrected chi connectivity index (χ3v) is 7.13. The summed E-state index contributed by atoms with van der Waals surface area (Å²) in [5.74, 6) is -0.250. The maximum absolute atomic E-state index is 11.2. The standard InChI is InChI=1S/C24H24N2O3S2/c1-25(2)21-11-8-18(9-12-21)10-13-24-26(14-5-15-31(27,28)29)22-16-19-6-3-4-7-20(19)17-23(22)30-24/h3-4,6-13,16-17H,5,14-15H2,1-2H3/p+1. The highest BCUT2D eigenvalue weighted by Crippen LogP contribution is 2.27. The summed E-state index contributed by atoms with van der Waals surface area (Å²) in [4.78, 5) is 2.06. The molecule has 31 heavy (non-hydrogen) atoms. The molecule has 4 aromatic rings. The van der Waals surface area contributed by atoms with Crippen molar-refractivity contribution in [1.29, 1.82) is 0 Å². The van der Waals surface area contributed by atoms with Gasteiger partial charge in [0.2, 0.25) is 5.52 Å². The molecule has 1 aromatic heterocycles. The summed E-state index contributed by atoms with van der Waals surface area (Å²) in [5, 5.41) is 3.36. The van der Waals surface area contributed by atoms with Crippen molar-refractivity contribution in [3.8, 4) is 0 Å². The van der Waals surface area contributed by atoms with E-state index in [2.05, 4.69) is 70.1 Å². The van der Waals surface area contributed by atoms with Crippen molar-refractivity contribution in [2.45, 2.75) is 13.0 Å². The molecule has 0 atom stereocenters. The number of hydrogen-bond donors (Lipinski definition) is 1. The van der Waals surface area contributed by atoms with E-state index >= 15 is 0 Å². The number of thiazole rings is 1. The lowest BCUT2D eigenvalue weighted by atomic mass is 10.1. The Kier molecular flexibility index (Phi) is 6.09. The van der Waals surface area contributed by atoms with Gasteiger partial charge in [-0.05, 0) is 40.6 Å². The van der Waals surface area contributed by atoms with Crippen molar-refractivity contribution >= 4 is 60.3 Å². The molecule has 3 aromatic carbocycles. The van der Waals surface area contributed by atoms with E-state index in [1.165, 1.54) is 5.39 Å². The van der Waals surface area contributed by atoms with E-state index < -0.39 is 10.1 Å². The third kappa shape index (κ3) is 5.12. The summed E-state index contributed by atoms with van der Waals surface area (Å²) in [6.45, 7) is 0.511. The van der Waals surface area contributed by atoms with Crippen LogP contribution < -0.4 is 9.47 Å². The minimum absolute atomic E-state index is 0.250. The van der Waals surface area contributed by atoms with Crippen LogP contribution in [0.4, 0.5) is 5.69 Å². The monoisotopic (exact) mass is 453 g/mol. The molecule has 1 heterocycles. The maximum atomic E-state index is 11.2. The zero-order valence-electron chi connectivity index (χ0n) is 17.5. The smallest absolute Gasteiger partial charge is 0.265 e. The van der Waals surface area contributed by atoms with Gasteiger partial charge in [0.05, 0.1) is 5.75 Å². The first kappa shape index (κ1) is 21.5. The molecule has 0 saturated heterocycles. The van der Waals surface area contributed by atoms with Crippen molar-refractivity contribution in [3.63, 3.8) is 0 Å². The fourth-order valence-electron chi connectivity index (χ4n) is 3.60. The Morgan fingerprint density at radius 1 is 1.00 bits per heavy atom. The van der Waals surface area contributed by atoms with Crippen LogP contribution in [-0.4, -0.2) is 32.8 Å². The third-order valence-electron chi connectivity index (χ3n) is 5.21. The van der Waals surface area contributed by atoms with E-state index in [1.807, 2.05) is 26.2 Å². The van der Waals surface area contributed by atoms with Crippen LogP contribution in [0.3, 0.4) is 0 Å². The van der Waals surface area contributed by atoms with Crippen molar-refractivity contribution < 1.29 is 17.5 Å². The number of aryl methyl sites for hydroxylation is 1. The first-order chi connectivity index (χ1) is 14.8. The van der Waals surface area contributed by atoms with Crippen molar-refractivity contribution in [2.75, 3.05) is 24.7 Å². The number of nitrogens with zero attached hydrogens (tertiary/aromatic N) is 2. The van der Waals surface area contributed by atoms with Crippen LogP contribution in [0.15, 0.2) is 60.7 Å². The van der Waals surface area contributed by atoms with Gasteiger partial charge < -0.3 is 4.90 Å². The maximum Gasteiger partial charge on any atom is 0.265 e. The van der Waals surface area contributed by atoms with Gasteiger partial charge in [-0.15, -0.1) is 0 Å². The molecule has 0 aliphatic rings. The summed E-state index contributed by atoms with van der Waals surface area (Å²) in [6, 6.07) is 20.9. The quantitative estimate of drug-likeness (QED) is 0.321. The lowest BCUT2D eigenvalue weighted by Crippen LogP contribution is -2.36. The second-order valence-electron chi connectivity index (χ2n) is 7.72. The molecule has 5 nitrogen and oxygen atoms in total. The summed E-state index contributed by atoms with van der Waals surface area (Å²) in [7, 11) is 0.0543. The molecule has 0 radical (unpaired) electrons. The van der Waals surface area contributed by atoms with E-state index in [4.69, 9.17) is 4.55 Å². The molecular weight excluding hydrogens is 428 g/mol. The molecule has 0 saturated carbocycles. The number of fused-ring (bicyclic) bond motifs is 2. The molecule has 0 aliphatic carbocycles. The van der Waals surface area contributed by atoms with E-state index in [0.29, 0.717) is 13.0 Å². The molecule has 7 heteroatoms. The van der Waals surface area contributed by atoms with Crippen molar-refractivity contribution in [2.24, 2.45) is 0 Å². The largest absolute Gasteiger partial charge is 0.378 e. The normalized spacial score (nSPS) is 12.2. The predicted molar refractivity (Wildman–Crippen MR) is 130 cm³/mol. The van der Waals surface area contributed by atoms with Gasteiger partial charge in [0.15, 0.2) is 6.54 Å². The fraction of sp³-hybridized carbons (Fsp3) is 0.208. The topological polar surface area (TPSA) is 61.5 Å². The van der Waals surface area contributed by atoms with Crippen LogP contribution in [0, 0.1) is 0 Å². The average molecular weight is 454 g/mol. The number of anilines is 1. The molecule has 1 N–H and O–H groups in total. The highest BCUT2D eigenvalue weighted by Gasteiger charge is 2.20. The molecule has 0 aliphatic heterocycles. The first-order valence-electron chi connectivity index (χ1n) is 10.1. The van der Waals surface area contributed by atoms with E-state index in [1.54, 1.807) is 11.3 Å². The fourth-order valence-corrected chi connectivity index (χ4v) is 5.21. The Balaban J connectivity index is 1.72. The van der Waals surface area contributed by atoms with E-state index in [0.717, 1.165) is 31.9 Å². The molecular formula is C24H25N2O3S2+. The number of aromatic nitrogens is 1. The summed E-state index contributed by atoms with van der Waals surface area (Å²) in [5.41, 5.74) is 3.31. The lowest BCUT2D eigenvalue weighted by molar-refractivity contribution is -0.668. The van der Waals surface area contributed by atoms with Crippen LogP contribution in [0.25, 0.3) is 33.1 Å². The van der Waals surface area contributed by atoms with Gasteiger partial charge in [-0.1, -0.05) is 47.7 Å². The van der Waals surface area contributed by atoms with Crippen LogP contribution in [0.2, 0.25) is 0 Å². The minimum Gasteiger partial charge on any atom is -0.378 e. The molecule has 4 rings (SSSR count). The minimum atomic E-state index is -3.98. The predicted octanol–water partition coefficient (Wildman–Crippen LogP) is 4.86. The van der Waals surface area contributed by atoms with Gasteiger partial charge in [-0.25, -0.2) is 0 Å². The highest BCUT2D eigenvalue weighted by atomic mass is 32.2. The first-order valence-corrected chi connectivity index (χ1v) is 12.5. The second-order valence-corrected chi connectivity index (χ2v) is 10.4. The lowest BCUT2D eigenvalue weighted by Gasteiger charge is -2.11. The van der Waals surface area contributed by atoms with Crippen LogP contribution in [-0.2, 0) is 16.7 Å². The van der Waals surface area contributed by atoms with Gasteiger partial charge >= 0.3 is 0 Å². The van der Waals surface area contributed by atoms with Gasteiger partial charge in [-0.3, -0.25) is 4.55 Å². The molecule has 0 fully saturated rings. The van der Waals surface area contributed by atoms with E-state index in [-0.39, 0.29) is 5.75 Å². The Hall–Kier alpha value is -2.74. The number of benzene rings is 3. The zero-order valence-corrected chi connectivity index (χ0v) is 19.2. The second kappa shape index (κ2) is 8.78. The Morgan fingerprint density at radius 2 is 1.68 bits per heavy atom. The molecule has 160 valence electrons. The molecule has 0 amide bonds. The van der Waals surface area contributed by atoms with Gasteiger partial charge in [-0.2, -0.15) is 13.0 Å². The summed E-state index contributed by atoms with van der Waals surface area (Å²) < 4.78 is 34.8. The van der Waals surface area contributed by atoms with Crippen molar-refractivity contribution in [1.82, 2.24) is 0 Å². The van der Waals surface area contributed by atoms with Crippen LogP contribution >= 0.6 is 11.3 Å². The SMILES string of the molecule is CN(C)c1ccc(/C=C/c2sc3cc4ccccc4cc3[n+]2CCCS(=O)(=O)O)cc1. The Morgan fingerprint density at radius 3 is 2.32 bits per heavy atom. The Labute approximate surface area is 186 Å². The molecule has 0 bridgehead atoms. The highest BCUT2D eigenvalue weighted by molar-refractivity contribution is 7.85.